The first-order valence-electron chi connectivity index (χ1n) is 5.85. The number of halogens is 1. The predicted molar refractivity (Wildman–Crippen MR) is 80.4 cm³/mol. The maximum absolute atomic E-state index is 11.7. The molecule has 2 rings (SSSR count). The maximum Gasteiger partial charge on any atom is 0.315 e. The Morgan fingerprint density at radius 3 is 2.50 bits per heavy atom. The molecular weight excluding hydrogens is 322 g/mol. The predicted octanol–water partition coefficient (Wildman–Crippen LogP) is 2.73. The third-order valence-electron chi connectivity index (χ3n) is 2.44. The van der Waals surface area contributed by atoms with Crippen molar-refractivity contribution in [2.24, 2.45) is 0 Å². The first-order chi connectivity index (χ1) is 9.54. The molecule has 0 fully saturated rings. The Labute approximate surface area is 124 Å². The highest BCUT2D eigenvalue weighted by molar-refractivity contribution is 9.10. The highest BCUT2D eigenvalue weighted by Gasteiger charge is 2.14. The number of aryl methyl sites for hydroxylation is 1. The molecule has 1 aromatic heterocycles. The van der Waals surface area contributed by atoms with Crippen molar-refractivity contribution in [3.05, 3.63) is 52.6 Å². The highest BCUT2D eigenvalue weighted by atomic mass is 79.9. The second kappa shape index (κ2) is 6.29. The monoisotopic (exact) mass is 333 g/mol. The molecule has 20 heavy (non-hydrogen) atoms. The summed E-state index contributed by atoms with van der Waals surface area (Å²) in [7, 11) is 0. The van der Waals surface area contributed by atoms with Crippen LogP contribution in [0.5, 0.6) is 0 Å². The Balaban J connectivity index is 1.98. The van der Waals surface area contributed by atoms with Crippen LogP contribution >= 0.6 is 15.9 Å². The van der Waals surface area contributed by atoms with Gasteiger partial charge in [-0.05, 0) is 36.8 Å². The number of anilines is 2. The van der Waals surface area contributed by atoms with Crippen molar-refractivity contribution >= 4 is 39.2 Å². The Morgan fingerprint density at radius 2 is 1.85 bits per heavy atom. The number of nitrogens with zero attached hydrogens (tertiary/aromatic N) is 1. The van der Waals surface area contributed by atoms with E-state index in [0.29, 0.717) is 11.5 Å². The largest absolute Gasteiger partial charge is 0.318 e. The van der Waals surface area contributed by atoms with E-state index in [1.807, 2.05) is 13.0 Å². The lowest BCUT2D eigenvalue weighted by Gasteiger charge is -2.06. The summed E-state index contributed by atoms with van der Waals surface area (Å²) in [6.07, 6.45) is 1.61. The van der Waals surface area contributed by atoms with E-state index in [4.69, 9.17) is 0 Å². The van der Waals surface area contributed by atoms with Gasteiger partial charge in [0.25, 0.3) is 0 Å². The van der Waals surface area contributed by atoms with E-state index in [9.17, 15) is 9.59 Å². The van der Waals surface area contributed by atoms with Crippen molar-refractivity contribution < 1.29 is 9.59 Å². The fourth-order valence-corrected chi connectivity index (χ4v) is 1.87. The normalized spacial score (nSPS) is 9.90. The van der Waals surface area contributed by atoms with Crippen molar-refractivity contribution in [2.45, 2.75) is 6.92 Å². The van der Waals surface area contributed by atoms with Crippen molar-refractivity contribution in [2.75, 3.05) is 10.6 Å². The fourth-order valence-electron chi connectivity index (χ4n) is 1.47. The van der Waals surface area contributed by atoms with Crippen LogP contribution in [0.15, 0.2) is 47.1 Å². The number of carbonyl (C=O) groups is 2. The molecule has 2 N–H and O–H groups in total. The lowest BCUT2D eigenvalue weighted by atomic mass is 10.3. The molecule has 0 bridgehead atoms. The van der Waals surface area contributed by atoms with E-state index in [1.54, 1.807) is 36.5 Å². The van der Waals surface area contributed by atoms with Crippen LogP contribution in [-0.4, -0.2) is 16.8 Å². The molecule has 0 radical (unpaired) electrons. The molecule has 0 saturated carbocycles. The molecule has 0 spiro atoms. The molecule has 2 amide bonds. The third-order valence-corrected chi connectivity index (χ3v) is 2.93. The van der Waals surface area contributed by atoms with Gasteiger partial charge in [-0.15, -0.1) is 0 Å². The van der Waals surface area contributed by atoms with Gasteiger partial charge in [-0.3, -0.25) is 9.59 Å². The van der Waals surface area contributed by atoms with Gasteiger partial charge in [0, 0.05) is 16.4 Å². The van der Waals surface area contributed by atoms with E-state index in [0.717, 1.165) is 10.0 Å². The van der Waals surface area contributed by atoms with Gasteiger partial charge in [-0.1, -0.05) is 28.1 Å². The standard InChI is InChI=1S/C14H12BrN3O2/c1-9-5-6-12(16-8-9)18-14(20)13(19)17-11-4-2-3-10(15)7-11/h2-8H,1H3,(H,17,19)(H,16,18,20). The molecule has 0 aliphatic heterocycles. The molecule has 0 aliphatic carbocycles. The number of amides is 2. The summed E-state index contributed by atoms with van der Waals surface area (Å²) in [6, 6.07) is 10.4. The summed E-state index contributed by atoms with van der Waals surface area (Å²) in [4.78, 5) is 27.4. The zero-order valence-corrected chi connectivity index (χ0v) is 12.3. The van der Waals surface area contributed by atoms with Gasteiger partial charge in [-0.25, -0.2) is 4.98 Å². The lowest BCUT2D eigenvalue weighted by molar-refractivity contribution is -0.133. The van der Waals surface area contributed by atoms with E-state index in [1.165, 1.54) is 0 Å². The van der Waals surface area contributed by atoms with Crippen molar-refractivity contribution in [1.29, 1.82) is 0 Å². The lowest BCUT2D eigenvalue weighted by Crippen LogP contribution is -2.29. The molecule has 0 aliphatic rings. The number of hydrogen-bond donors (Lipinski definition) is 2. The molecule has 2 aromatic rings. The van der Waals surface area contributed by atoms with Crippen LogP contribution in [0.3, 0.4) is 0 Å². The van der Waals surface area contributed by atoms with Crippen LogP contribution in [0, 0.1) is 6.92 Å². The molecule has 6 heteroatoms. The number of carbonyl (C=O) groups excluding carboxylic acids is 2. The van der Waals surface area contributed by atoms with Gasteiger partial charge in [-0.2, -0.15) is 0 Å². The van der Waals surface area contributed by atoms with Crippen LogP contribution < -0.4 is 10.6 Å². The zero-order chi connectivity index (χ0) is 14.5. The Bertz CT molecular complexity index is 641. The minimum absolute atomic E-state index is 0.338. The van der Waals surface area contributed by atoms with Gasteiger partial charge in [0.05, 0.1) is 0 Å². The molecule has 0 unspecified atom stereocenters. The summed E-state index contributed by atoms with van der Waals surface area (Å²) < 4.78 is 0.816. The van der Waals surface area contributed by atoms with Gasteiger partial charge in [0.15, 0.2) is 0 Å². The van der Waals surface area contributed by atoms with Gasteiger partial charge >= 0.3 is 11.8 Å². The Kier molecular flexibility index (Phi) is 4.47. The first-order valence-corrected chi connectivity index (χ1v) is 6.64. The average molecular weight is 334 g/mol. The molecular formula is C14H12BrN3O2. The van der Waals surface area contributed by atoms with Crippen molar-refractivity contribution in [3.63, 3.8) is 0 Å². The SMILES string of the molecule is Cc1ccc(NC(=O)C(=O)Nc2cccc(Br)c2)nc1. The second-order valence-electron chi connectivity index (χ2n) is 4.14. The molecule has 102 valence electrons. The summed E-state index contributed by atoms with van der Waals surface area (Å²) in [5.74, 6) is -1.17. The first kappa shape index (κ1) is 14.2. The highest BCUT2D eigenvalue weighted by Crippen LogP contribution is 2.15. The van der Waals surface area contributed by atoms with Gasteiger partial charge in [0.2, 0.25) is 0 Å². The third kappa shape index (κ3) is 3.89. The van der Waals surface area contributed by atoms with Gasteiger partial charge in [0.1, 0.15) is 5.82 Å². The Morgan fingerprint density at radius 1 is 1.10 bits per heavy atom. The molecule has 0 atom stereocenters. The van der Waals surface area contributed by atoms with Crippen LogP contribution in [0.4, 0.5) is 11.5 Å². The Hall–Kier alpha value is -2.21. The minimum Gasteiger partial charge on any atom is -0.318 e. The van der Waals surface area contributed by atoms with Crippen LogP contribution in [-0.2, 0) is 9.59 Å². The topological polar surface area (TPSA) is 71.1 Å². The fraction of sp³-hybridized carbons (Fsp3) is 0.0714. The number of hydrogen-bond acceptors (Lipinski definition) is 3. The van der Waals surface area contributed by atoms with Crippen molar-refractivity contribution in [1.82, 2.24) is 4.98 Å². The zero-order valence-electron chi connectivity index (χ0n) is 10.7. The maximum atomic E-state index is 11.7. The molecule has 0 saturated heterocycles. The minimum atomic E-state index is -0.763. The van der Waals surface area contributed by atoms with E-state index < -0.39 is 11.8 Å². The van der Waals surface area contributed by atoms with E-state index in [-0.39, 0.29) is 0 Å². The van der Waals surface area contributed by atoms with E-state index in [2.05, 4.69) is 31.5 Å². The quantitative estimate of drug-likeness (QED) is 0.830. The van der Waals surface area contributed by atoms with Crippen LogP contribution in [0.1, 0.15) is 5.56 Å². The smallest absolute Gasteiger partial charge is 0.315 e. The van der Waals surface area contributed by atoms with E-state index >= 15 is 0 Å². The second-order valence-corrected chi connectivity index (χ2v) is 5.06. The average Bonchev–Trinajstić information content (AvgIpc) is 2.41. The molecule has 1 heterocycles. The number of benzene rings is 1. The van der Waals surface area contributed by atoms with Crippen LogP contribution in [0.2, 0.25) is 0 Å². The summed E-state index contributed by atoms with van der Waals surface area (Å²) in [5, 5.41) is 4.94. The molecule has 5 nitrogen and oxygen atoms in total. The molecule has 1 aromatic carbocycles. The summed E-state index contributed by atoms with van der Waals surface area (Å²) in [6.45, 7) is 1.89. The summed E-state index contributed by atoms with van der Waals surface area (Å²) >= 11 is 3.29. The summed E-state index contributed by atoms with van der Waals surface area (Å²) in [5.41, 5.74) is 1.51. The number of aromatic nitrogens is 1. The number of pyridine rings is 1. The number of nitrogens with one attached hydrogen (secondary N) is 2. The van der Waals surface area contributed by atoms with Crippen LogP contribution in [0.25, 0.3) is 0 Å². The van der Waals surface area contributed by atoms with Gasteiger partial charge < -0.3 is 10.6 Å². The van der Waals surface area contributed by atoms with Crippen molar-refractivity contribution in [3.8, 4) is 0 Å². The number of rotatable bonds is 2.